The number of rotatable bonds is 3. The summed E-state index contributed by atoms with van der Waals surface area (Å²) < 4.78 is 13.2. The highest BCUT2D eigenvalue weighted by atomic mass is 16.5. The third-order valence-corrected chi connectivity index (χ3v) is 6.70. The molecule has 0 amide bonds. The molecule has 1 aliphatic rings. The Bertz CT molecular complexity index is 1500. The van der Waals surface area contributed by atoms with Gasteiger partial charge in [-0.3, -0.25) is 4.79 Å². The average molecular weight is 434 g/mol. The number of carbonyl (C=O) groups excluding carboxylic acids is 1. The third-order valence-electron chi connectivity index (χ3n) is 6.70. The Labute approximate surface area is 192 Å². The van der Waals surface area contributed by atoms with Gasteiger partial charge >= 0.3 is 0 Å². The molecule has 0 saturated heterocycles. The Morgan fingerprint density at radius 1 is 0.697 bits per heavy atom. The summed E-state index contributed by atoms with van der Waals surface area (Å²) in [6.45, 7) is 0. The van der Waals surface area contributed by atoms with E-state index in [0.717, 1.165) is 74.1 Å². The van der Waals surface area contributed by atoms with Crippen LogP contribution in [-0.2, 0) is 12.8 Å². The van der Waals surface area contributed by atoms with Crippen LogP contribution in [0.4, 0.5) is 0 Å². The lowest BCUT2D eigenvalue weighted by molar-refractivity contribution is 0.103. The maximum absolute atomic E-state index is 13.9. The highest BCUT2D eigenvalue weighted by molar-refractivity contribution is 6.16. The summed E-state index contributed by atoms with van der Waals surface area (Å²) >= 11 is 0. The maximum Gasteiger partial charge on any atom is 0.195 e. The van der Waals surface area contributed by atoms with Gasteiger partial charge in [0.1, 0.15) is 11.5 Å². The molecule has 0 atom stereocenters. The monoisotopic (exact) mass is 433 g/mol. The van der Waals surface area contributed by atoms with Crippen molar-refractivity contribution in [1.29, 1.82) is 0 Å². The second-order valence-electron chi connectivity index (χ2n) is 8.40. The SMILES string of the molecule is COc1ccc2c(c1)c1cc(OC)ccc1n2-c1cccc2c1C(=O)c1ccccc1CC2. The smallest absolute Gasteiger partial charge is 0.195 e. The van der Waals surface area contributed by atoms with Crippen LogP contribution in [0.15, 0.2) is 78.9 Å². The normalized spacial score (nSPS) is 13.0. The second kappa shape index (κ2) is 7.52. The molecule has 6 rings (SSSR count). The number of methoxy groups -OCH3 is 2. The Hall–Kier alpha value is -4.05. The first-order valence-corrected chi connectivity index (χ1v) is 11.1. The summed E-state index contributed by atoms with van der Waals surface area (Å²) in [5, 5.41) is 2.12. The maximum atomic E-state index is 13.9. The zero-order valence-corrected chi connectivity index (χ0v) is 18.6. The lowest BCUT2D eigenvalue weighted by Gasteiger charge is -2.15. The molecule has 4 heteroatoms. The molecule has 4 aromatic carbocycles. The summed E-state index contributed by atoms with van der Waals surface area (Å²) in [4.78, 5) is 13.9. The van der Waals surface area contributed by atoms with Gasteiger partial charge in [0.2, 0.25) is 0 Å². The van der Waals surface area contributed by atoms with E-state index in [4.69, 9.17) is 9.47 Å². The largest absolute Gasteiger partial charge is 0.497 e. The van der Waals surface area contributed by atoms with E-state index in [-0.39, 0.29) is 5.78 Å². The van der Waals surface area contributed by atoms with Gasteiger partial charge in [0.15, 0.2) is 5.78 Å². The second-order valence-corrected chi connectivity index (χ2v) is 8.40. The molecule has 0 spiro atoms. The average Bonchev–Trinajstić information content (AvgIpc) is 3.11. The lowest BCUT2D eigenvalue weighted by atomic mass is 9.97. The number of benzene rings is 4. The minimum atomic E-state index is 0.0886. The molecule has 0 N–H and O–H groups in total. The van der Waals surface area contributed by atoms with Crippen LogP contribution in [0.3, 0.4) is 0 Å². The van der Waals surface area contributed by atoms with Gasteiger partial charge in [-0.25, -0.2) is 0 Å². The van der Waals surface area contributed by atoms with E-state index in [0.29, 0.717) is 0 Å². The number of aromatic nitrogens is 1. The van der Waals surface area contributed by atoms with E-state index in [2.05, 4.69) is 41.0 Å². The van der Waals surface area contributed by atoms with Crippen LogP contribution >= 0.6 is 0 Å². The van der Waals surface area contributed by atoms with Crippen molar-refractivity contribution in [2.75, 3.05) is 14.2 Å². The van der Waals surface area contributed by atoms with Gasteiger partial charge < -0.3 is 14.0 Å². The highest BCUT2D eigenvalue weighted by Crippen LogP contribution is 2.38. The summed E-state index contributed by atoms with van der Waals surface area (Å²) in [5.41, 5.74) is 6.74. The summed E-state index contributed by atoms with van der Waals surface area (Å²) in [6, 6.07) is 26.3. The van der Waals surface area contributed by atoms with Crippen molar-refractivity contribution in [3.63, 3.8) is 0 Å². The molecule has 0 saturated carbocycles. The molecule has 0 radical (unpaired) electrons. The number of ketones is 1. The van der Waals surface area contributed by atoms with Crippen molar-refractivity contribution in [1.82, 2.24) is 4.57 Å². The number of hydrogen-bond acceptors (Lipinski definition) is 3. The van der Waals surface area contributed by atoms with Gasteiger partial charge in [0.25, 0.3) is 0 Å². The number of nitrogens with zero attached hydrogens (tertiary/aromatic N) is 1. The van der Waals surface area contributed by atoms with Crippen LogP contribution in [0.2, 0.25) is 0 Å². The van der Waals surface area contributed by atoms with Crippen molar-refractivity contribution in [3.05, 3.63) is 101 Å². The van der Waals surface area contributed by atoms with Crippen molar-refractivity contribution in [3.8, 4) is 17.2 Å². The Morgan fingerprint density at radius 2 is 1.30 bits per heavy atom. The van der Waals surface area contributed by atoms with Crippen LogP contribution in [0.25, 0.3) is 27.5 Å². The van der Waals surface area contributed by atoms with E-state index in [9.17, 15) is 4.79 Å². The van der Waals surface area contributed by atoms with E-state index >= 15 is 0 Å². The topological polar surface area (TPSA) is 40.5 Å². The van der Waals surface area contributed by atoms with Crippen molar-refractivity contribution < 1.29 is 14.3 Å². The van der Waals surface area contributed by atoms with E-state index in [1.807, 2.05) is 42.5 Å². The van der Waals surface area contributed by atoms with Crippen LogP contribution in [-0.4, -0.2) is 24.6 Å². The predicted octanol–water partition coefficient (Wildman–Crippen LogP) is 6.13. The molecule has 0 unspecified atom stereocenters. The van der Waals surface area contributed by atoms with Crippen LogP contribution in [0.1, 0.15) is 27.0 Å². The molecule has 33 heavy (non-hydrogen) atoms. The zero-order valence-electron chi connectivity index (χ0n) is 18.6. The first-order chi connectivity index (χ1) is 16.2. The number of carbonyl (C=O) groups is 1. The third kappa shape index (κ3) is 2.94. The molecule has 0 aliphatic heterocycles. The first kappa shape index (κ1) is 19.6. The molecule has 0 fully saturated rings. The number of aryl methyl sites for hydroxylation is 2. The Kier molecular flexibility index (Phi) is 4.47. The van der Waals surface area contributed by atoms with E-state index < -0.39 is 0 Å². The lowest BCUT2D eigenvalue weighted by Crippen LogP contribution is -2.10. The fraction of sp³-hybridized carbons (Fsp3) is 0.138. The van der Waals surface area contributed by atoms with Gasteiger partial charge in [-0.2, -0.15) is 0 Å². The van der Waals surface area contributed by atoms with E-state index in [1.165, 1.54) is 0 Å². The van der Waals surface area contributed by atoms with Gasteiger partial charge in [-0.1, -0.05) is 36.4 Å². The number of ether oxygens (including phenoxy) is 2. The first-order valence-electron chi connectivity index (χ1n) is 11.1. The fourth-order valence-corrected chi connectivity index (χ4v) is 5.10. The molecule has 162 valence electrons. The van der Waals surface area contributed by atoms with Crippen molar-refractivity contribution in [2.24, 2.45) is 0 Å². The van der Waals surface area contributed by atoms with Gasteiger partial charge in [-0.05, 0) is 66.4 Å². The molecule has 1 aromatic heterocycles. The van der Waals surface area contributed by atoms with Gasteiger partial charge in [0, 0.05) is 21.9 Å². The predicted molar refractivity (Wildman–Crippen MR) is 131 cm³/mol. The molecule has 4 nitrogen and oxygen atoms in total. The van der Waals surface area contributed by atoms with Crippen LogP contribution in [0, 0.1) is 0 Å². The quantitative estimate of drug-likeness (QED) is 0.344. The van der Waals surface area contributed by atoms with E-state index in [1.54, 1.807) is 14.2 Å². The van der Waals surface area contributed by atoms with Crippen LogP contribution < -0.4 is 9.47 Å². The molecule has 0 bridgehead atoms. The minimum absolute atomic E-state index is 0.0886. The number of hydrogen-bond donors (Lipinski definition) is 0. The molecular weight excluding hydrogens is 410 g/mol. The summed E-state index contributed by atoms with van der Waals surface area (Å²) in [5.74, 6) is 1.67. The fourth-order valence-electron chi connectivity index (χ4n) is 5.10. The van der Waals surface area contributed by atoms with Gasteiger partial charge in [-0.15, -0.1) is 0 Å². The van der Waals surface area contributed by atoms with Crippen molar-refractivity contribution in [2.45, 2.75) is 12.8 Å². The molecular formula is C29H23NO3. The molecule has 1 heterocycles. The van der Waals surface area contributed by atoms with Crippen molar-refractivity contribution >= 4 is 27.6 Å². The Balaban J connectivity index is 1.70. The molecule has 5 aromatic rings. The standard InChI is InChI=1S/C29H23NO3/c1-32-20-12-14-25-23(16-20)24-17-21(33-2)13-15-26(24)30(25)27-9-5-7-19-11-10-18-6-3-4-8-22(18)29(31)28(19)27/h3-9,12-17H,10-11H2,1-2H3. The highest BCUT2D eigenvalue weighted by Gasteiger charge is 2.26. The zero-order chi connectivity index (χ0) is 22.5. The van der Waals surface area contributed by atoms with Gasteiger partial charge in [0.05, 0.1) is 30.9 Å². The number of fused-ring (bicyclic) bond motifs is 5. The molecule has 1 aliphatic carbocycles. The summed E-state index contributed by atoms with van der Waals surface area (Å²) in [7, 11) is 3.35. The Morgan fingerprint density at radius 3 is 1.97 bits per heavy atom. The summed E-state index contributed by atoms with van der Waals surface area (Å²) in [6.07, 6.45) is 1.70. The van der Waals surface area contributed by atoms with Crippen LogP contribution in [0.5, 0.6) is 11.5 Å². The minimum Gasteiger partial charge on any atom is -0.497 e.